The summed E-state index contributed by atoms with van der Waals surface area (Å²) in [4.78, 5) is 14.8. The number of hydrogen-bond acceptors (Lipinski definition) is 5. The molecule has 0 aliphatic heterocycles. The van der Waals surface area contributed by atoms with Crippen molar-refractivity contribution in [2.45, 2.75) is 83.0 Å². The Kier molecular flexibility index (Phi) is 13.0. The molecular formula is C60H56GeIrN4OS-2. The second-order valence-corrected chi connectivity index (χ2v) is 32.0. The number of rotatable bonds is 7. The average molecular weight is 1150 g/mol. The van der Waals surface area contributed by atoms with Gasteiger partial charge in [0.05, 0.1) is 16.9 Å². The van der Waals surface area contributed by atoms with Gasteiger partial charge in [-0.3, -0.25) is 4.98 Å². The molecule has 0 saturated carbocycles. The first-order valence-corrected chi connectivity index (χ1v) is 31.6. The van der Waals surface area contributed by atoms with E-state index in [0.717, 1.165) is 55.7 Å². The van der Waals surface area contributed by atoms with Gasteiger partial charge in [0.15, 0.2) is 0 Å². The second-order valence-electron chi connectivity index (χ2n) is 20.3. The summed E-state index contributed by atoms with van der Waals surface area (Å²) < 4.78 is 12.5. The van der Waals surface area contributed by atoms with Crippen LogP contribution in [0.1, 0.15) is 77.1 Å². The summed E-state index contributed by atoms with van der Waals surface area (Å²) in [5, 5.41) is 4.64. The molecule has 1 radical (unpaired) electrons. The molecule has 5 aromatic heterocycles. The van der Waals surface area contributed by atoms with Gasteiger partial charge in [-0.2, -0.15) is 11.3 Å². The predicted molar refractivity (Wildman–Crippen MR) is 287 cm³/mol. The number of para-hydroxylation sites is 3. The molecule has 0 spiro atoms. The van der Waals surface area contributed by atoms with Crippen molar-refractivity contribution in [1.82, 2.24) is 19.5 Å². The van der Waals surface area contributed by atoms with E-state index in [2.05, 4.69) is 210 Å². The van der Waals surface area contributed by atoms with E-state index in [-0.39, 0.29) is 25.5 Å². The minimum absolute atomic E-state index is 0. The van der Waals surface area contributed by atoms with Gasteiger partial charge in [-0.1, -0.05) is 111 Å². The molecule has 0 aliphatic rings. The number of imidazole rings is 1. The molecule has 0 N–H and O–H groups in total. The summed E-state index contributed by atoms with van der Waals surface area (Å²) >= 11 is -0.0313. The second kappa shape index (κ2) is 18.7. The number of fused-ring (bicyclic) bond motifs is 7. The Morgan fingerprint density at radius 3 is 2.00 bits per heavy atom. The van der Waals surface area contributed by atoms with E-state index in [1.54, 1.807) is 0 Å². The molecule has 0 aliphatic carbocycles. The van der Waals surface area contributed by atoms with Crippen LogP contribution in [0.3, 0.4) is 0 Å². The standard InChI is InChI=1S/C37H31N2S.C23H25GeN2O.Ir/c1-23(2)27-14-10-15-28(24(3)4)35(27)39-33-19-9-8-18-32(33)38-37(39)31-17-11-16-30-29-21-20-26(22-34(29)40-36(30)31)25-12-6-5-7-13-25;1-23(2,3)20-13-11-17-16-8-7-9-18(21(16)27-22(17)26-20)19-12-10-15(14-25-19)24(4,5)6;/h5-16,18-24H,1-4H3;7-8,10-14H,1-6H3;/q2*-1;. The van der Waals surface area contributed by atoms with Crippen molar-refractivity contribution in [3.05, 3.63) is 175 Å². The largest absolute Gasteiger partial charge is 0.333 e. The zero-order chi connectivity index (χ0) is 46.8. The molecule has 11 rings (SSSR count). The molecule has 11 aromatic rings. The van der Waals surface area contributed by atoms with Crippen LogP contribution in [0.15, 0.2) is 150 Å². The Bertz CT molecular complexity index is 3580. The van der Waals surface area contributed by atoms with E-state index in [1.165, 1.54) is 52.5 Å². The Morgan fingerprint density at radius 1 is 0.647 bits per heavy atom. The summed E-state index contributed by atoms with van der Waals surface area (Å²) in [6.07, 6.45) is 2.03. The normalized spacial score (nSPS) is 12.1. The molecular weight excluding hydrogens is 1090 g/mol. The maximum Gasteiger partial charge on any atom is 0.0774 e. The summed E-state index contributed by atoms with van der Waals surface area (Å²) in [5.41, 5.74) is 13.9. The smallest absolute Gasteiger partial charge is 0.0774 e. The molecule has 68 heavy (non-hydrogen) atoms. The third-order valence-corrected chi connectivity index (χ3v) is 18.3. The van der Waals surface area contributed by atoms with Crippen LogP contribution in [0.2, 0.25) is 17.3 Å². The van der Waals surface area contributed by atoms with Gasteiger partial charge in [-0.25, -0.2) is 0 Å². The fourth-order valence-electron chi connectivity index (χ4n) is 9.12. The number of furan rings is 1. The number of benzene rings is 6. The van der Waals surface area contributed by atoms with E-state index in [1.807, 2.05) is 29.7 Å². The molecule has 0 saturated heterocycles. The fraction of sp³-hybridized carbons (Fsp3) is 0.217. The first-order chi connectivity index (χ1) is 32.2. The van der Waals surface area contributed by atoms with Gasteiger partial charge in [0, 0.05) is 30.5 Å². The first kappa shape index (κ1) is 47.4. The van der Waals surface area contributed by atoms with Crippen LogP contribution in [0, 0.1) is 12.1 Å². The van der Waals surface area contributed by atoms with Crippen molar-refractivity contribution in [1.29, 1.82) is 0 Å². The van der Waals surface area contributed by atoms with Crippen LogP contribution >= 0.6 is 11.3 Å². The van der Waals surface area contributed by atoms with Gasteiger partial charge < -0.3 is 4.57 Å². The third kappa shape index (κ3) is 8.79. The van der Waals surface area contributed by atoms with Gasteiger partial charge in [0.25, 0.3) is 0 Å². The number of hydrogen-bond donors (Lipinski definition) is 0. The summed E-state index contributed by atoms with van der Waals surface area (Å²) in [6.45, 7) is 15.6. The monoisotopic (exact) mass is 1150 g/mol. The topological polar surface area (TPSA) is 56.7 Å². The quantitative estimate of drug-likeness (QED) is 0.118. The summed E-state index contributed by atoms with van der Waals surface area (Å²) in [6, 6.07) is 56.5. The molecule has 0 fully saturated rings. The SMILES string of the molecule is CC(C)(C)c1ccc2c(n1)oc1c(-c3cc[c]([Ge]([CH3])([CH3])[CH3])cn3)[c-]ccc12.CC(C)c1cccc(C(C)C)c1-n1c(-c2[c-]ccc3c2sc2cc(-c4ccccc4)ccc23)nc2ccccc21.[Ir]. The molecule has 343 valence electrons. The van der Waals surface area contributed by atoms with E-state index < -0.39 is 13.3 Å². The maximum atomic E-state index is 6.20. The van der Waals surface area contributed by atoms with Crippen molar-refractivity contribution in [2.75, 3.05) is 0 Å². The average Bonchev–Trinajstić information content (AvgIpc) is 4.02. The molecule has 0 amide bonds. The minimum atomic E-state index is -1.87. The predicted octanol–water partition coefficient (Wildman–Crippen LogP) is 16.5. The first-order valence-electron chi connectivity index (χ1n) is 23.4. The number of aromatic nitrogens is 4. The zero-order valence-corrected chi connectivity index (χ0v) is 45.8. The van der Waals surface area contributed by atoms with Gasteiger partial charge in [-0.05, 0) is 62.4 Å². The van der Waals surface area contributed by atoms with Crippen LogP contribution in [-0.4, -0.2) is 32.8 Å². The fourth-order valence-corrected chi connectivity index (χ4v) is 12.5. The third-order valence-electron chi connectivity index (χ3n) is 12.8. The molecule has 0 bridgehead atoms. The van der Waals surface area contributed by atoms with Gasteiger partial charge >= 0.3 is 163 Å². The Morgan fingerprint density at radius 2 is 1.32 bits per heavy atom. The molecule has 6 aromatic carbocycles. The van der Waals surface area contributed by atoms with E-state index in [4.69, 9.17) is 19.4 Å². The van der Waals surface area contributed by atoms with Crippen LogP contribution in [-0.2, 0) is 25.5 Å². The maximum absolute atomic E-state index is 6.20. The Balaban J connectivity index is 0.000000180. The van der Waals surface area contributed by atoms with E-state index >= 15 is 0 Å². The Hall–Kier alpha value is -5.70. The van der Waals surface area contributed by atoms with Crippen LogP contribution in [0.5, 0.6) is 0 Å². The molecule has 0 unspecified atom stereocenters. The van der Waals surface area contributed by atoms with Crippen LogP contribution in [0.4, 0.5) is 0 Å². The minimum Gasteiger partial charge on any atom is -0.333 e. The van der Waals surface area contributed by atoms with Gasteiger partial charge in [-0.15, -0.1) is 18.2 Å². The number of pyridine rings is 2. The van der Waals surface area contributed by atoms with E-state index in [9.17, 15) is 0 Å². The van der Waals surface area contributed by atoms with Crippen LogP contribution < -0.4 is 4.40 Å². The van der Waals surface area contributed by atoms with Crippen molar-refractivity contribution in [3.63, 3.8) is 0 Å². The Labute approximate surface area is 420 Å². The van der Waals surface area contributed by atoms with Gasteiger partial charge in [0.2, 0.25) is 0 Å². The van der Waals surface area contributed by atoms with Crippen molar-refractivity contribution in [2.24, 2.45) is 0 Å². The molecule has 8 heteroatoms. The number of nitrogens with zero attached hydrogens (tertiary/aromatic N) is 4. The van der Waals surface area contributed by atoms with Gasteiger partial charge in [0.1, 0.15) is 0 Å². The van der Waals surface area contributed by atoms with Crippen molar-refractivity contribution >= 4 is 82.3 Å². The molecule has 0 atom stereocenters. The van der Waals surface area contributed by atoms with Crippen molar-refractivity contribution < 1.29 is 24.5 Å². The zero-order valence-electron chi connectivity index (χ0n) is 40.4. The van der Waals surface area contributed by atoms with Crippen LogP contribution in [0.25, 0.3) is 92.7 Å². The molecule has 5 nitrogen and oxygen atoms in total. The summed E-state index contributed by atoms with van der Waals surface area (Å²) in [7, 11) is 0. The van der Waals surface area contributed by atoms with E-state index in [0.29, 0.717) is 17.5 Å². The number of thiophene rings is 1. The van der Waals surface area contributed by atoms with Crippen molar-refractivity contribution in [3.8, 4) is 39.5 Å². The summed E-state index contributed by atoms with van der Waals surface area (Å²) in [5.74, 6) is 8.84. The molecule has 5 heterocycles.